The van der Waals surface area contributed by atoms with E-state index in [0.29, 0.717) is 66.8 Å². The van der Waals surface area contributed by atoms with E-state index in [-0.39, 0.29) is 12.2 Å². The largest absolute Gasteiger partial charge is 0.490 e. The van der Waals surface area contributed by atoms with Gasteiger partial charge in [-0.25, -0.2) is 4.79 Å². The zero-order valence-corrected chi connectivity index (χ0v) is 19.3. The number of morpholine rings is 1. The summed E-state index contributed by atoms with van der Waals surface area (Å²) in [5, 5.41) is 13.0. The number of anilines is 2. The number of benzene rings is 2. The predicted molar refractivity (Wildman–Crippen MR) is 124 cm³/mol. The van der Waals surface area contributed by atoms with Crippen molar-refractivity contribution in [3.63, 3.8) is 0 Å². The average molecular weight is 508 g/mol. The van der Waals surface area contributed by atoms with Crippen LogP contribution in [-0.2, 0) is 16.1 Å². The maximum Gasteiger partial charge on any atom is 0.337 e. The minimum Gasteiger partial charge on any atom is -0.490 e. The summed E-state index contributed by atoms with van der Waals surface area (Å²) < 4.78 is 17.1. The van der Waals surface area contributed by atoms with Crippen molar-refractivity contribution in [1.82, 2.24) is 0 Å². The fraction of sp³-hybridized carbons (Fsp3) is 0.364. The summed E-state index contributed by atoms with van der Waals surface area (Å²) in [7, 11) is 0. The number of carboxylic acids is 1. The van der Waals surface area contributed by atoms with Crippen LogP contribution in [0.4, 0.5) is 11.4 Å². The number of aromatic carboxylic acids is 1. The molecule has 0 aliphatic carbocycles. The highest BCUT2D eigenvalue weighted by atomic mass is 79.9. The maximum absolute atomic E-state index is 11.8. The summed E-state index contributed by atoms with van der Waals surface area (Å²) in [6.45, 7) is 4.90. The third-order valence-corrected chi connectivity index (χ3v) is 5.39. The molecule has 4 N–H and O–H groups in total. The van der Waals surface area contributed by atoms with Gasteiger partial charge in [0, 0.05) is 25.3 Å². The number of primary amides is 1. The van der Waals surface area contributed by atoms with Crippen molar-refractivity contribution >= 4 is 39.2 Å². The summed E-state index contributed by atoms with van der Waals surface area (Å²) in [6.07, 6.45) is 0. The van der Waals surface area contributed by atoms with Gasteiger partial charge in [-0.15, -0.1) is 0 Å². The first-order chi connectivity index (χ1) is 15.4. The Labute approximate surface area is 194 Å². The van der Waals surface area contributed by atoms with Gasteiger partial charge in [0.1, 0.15) is 0 Å². The van der Waals surface area contributed by atoms with Crippen molar-refractivity contribution in [2.45, 2.75) is 13.5 Å². The molecule has 0 unspecified atom stereocenters. The Balaban J connectivity index is 1.77. The molecule has 0 saturated carbocycles. The van der Waals surface area contributed by atoms with Crippen LogP contribution in [0.3, 0.4) is 0 Å². The average Bonchev–Trinajstić information content (AvgIpc) is 2.77. The molecule has 1 amide bonds. The number of nitrogens with one attached hydrogen (secondary N) is 1. The number of hydrogen-bond donors (Lipinski definition) is 3. The number of carboxylic acid groups (broad SMARTS) is 1. The van der Waals surface area contributed by atoms with Crippen molar-refractivity contribution < 1.29 is 28.9 Å². The lowest BCUT2D eigenvalue weighted by Gasteiger charge is -2.30. The maximum atomic E-state index is 11.8. The second-order valence-electron chi connectivity index (χ2n) is 7.08. The van der Waals surface area contributed by atoms with Crippen LogP contribution in [0.5, 0.6) is 11.5 Å². The Morgan fingerprint density at radius 3 is 2.62 bits per heavy atom. The summed E-state index contributed by atoms with van der Waals surface area (Å²) in [5.41, 5.74) is 7.65. The van der Waals surface area contributed by atoms with E-state index >= 15 is 0 Å². The van der Waals surface area contributed by atoms with Crippen LogP contribution in [0.25, 0.3) is 0 Å². The third-order valence-electron chi connectivity index (χ3n) is 4.80. The second kappa shape index (κ2) is 11.1. The topological polar surface area (TPSA) is 123 Å². The van der Waals surface area contributed by atoms with E-state index in [9.17, 15) is 14.7 Å². The SMILES string of the molecule is CCOc1cc(CNc2ccc(N3CCOCC3)c(C(=O)O)c2)cc(Br)c1OCC(N)=O. The highest BCUT2D eigenvalue weighted by Gasteiger charge is 2.19. The highest BCUT2D eigenvalue weighted by molar-refractivity contribution is 9.10. The molecule has 1 fully saturated rings. The molecule has 9 nitrogen and oxygen atoms in total. The number of nitrogens with two attached hydrogens (primary N) is 1. The number of hydrogen-bond acceptors (Lipinski definition) is 7. The molecule has 1 heterocycles. The molecule has 0 aromatic heterocycles. The number of carbonyl (C=O) groups is 2. The smallest absolute Gasteiger partial charge is 0.337 e. The molecule has 0 spiro atoms. The summed E-state index contributed by atoms with van der Waals surface area (Å²) >= 11 is 3.45. The molecule has 0 bridgehead atoms. The van der Waals surface area contributed by atoms with Crippen LogP contribution in [0.2, 0.25) is 0 Å². The Morgan fingerprint density at radius 1 is 1.22 bits per heavy atom. The van der Waals surface area contributed by atoms with Gasteiger partial charge in [-0.2, -0.15) is 0 Å². The lowest BCUT2D eigenvalue weighted by atomic mass is 10.1. The van der Waals surface area contributed by atoms with E-state index < -0.39 is 11.9 Å². The van der Waals surface area contributed by atoms with Gasteiger partial charge in [0.25, 0.3) is 5.91 Å². The molecular formula is C22H26BrN3O6. The highest BCUT2D eigenvalue weighted by Crippen LogP contribution is 2.37. The Morgan fingerprint density at radius 2 is 1.97 bits per heavy atom. The molecule has 1 aliphatic heterocycles. The van der Waals surface area contributed by atoms with E-state index in [0.717, 1.165) is 5.56 Å². The Hall–Kier alpha value is -2.98. The number of carbonyl (C=O) groups excluding carboxylic acids is 1. The van der Waals surface area contributed by atoms with Gasteiger partial charge in [0.2, 0.25) is 0 Å². The van der Waals surface area contributed by atoms with Crippen molar-refractivity contribution in [2.24, 2.45) is 5.73 Å². The Bertz CT molecular complexity index is 978. The number of halogens is 1. The van der Waals surface area contributed by atoms with Crippen LogP contribution in [0.1, 0.15) is 22.8 Å². The minimum atomic E-state index is -0.979. The first-order valence-corrected chi connectivity index (χ1v) is 11.0. The molecule has 0 atom stereocenters. The zero-order chi connectivity index (χ0) is 23.1. The van der Waals surface area contributed by atoms with Gasteiger partial charge in [-0.3, -0.25) is 4.79 Å². The van der Waals surface area contributed by atoms with Crippen molar-refractivity contribution in [3.8, 4) is 11.5 Å². The van der Waals surface area contributed by atoms with Gasteiger partial charge in [0.15, 0.2) is 18.1 Å². The molecule has 10 heteroatoms. The molecule has 1 aliphatic rings. The van der Waals surface area contributed by atoms with E-state index in [2.05, 4.69) is 21.2 Å². The van der Waals surface area contributed by atoms with E-state index in [4.69, 9.17) is 19.9 Å². The van der Waals surface area contributed by atoms with Crippen LogP contribution < -0.4 is 25.4 Å². The standard InChI is InChI=1S/C22H26BrN3O6/c1-2-31-19-10-14(9-17(23)21(19)32-13-20(24)27)12-25-15-3-4-18(16(11-15)22(28)29)26-5-7-30-8-6-26/h3-4,9-11,25H,2,5-8,12-13H2,1H3,(H2,24,27)(H,28,29). The monoisotopic (exact) mass is 507 g/mol. The molecule has 2 aromatic rings. The minimum absolute atomic E-state index is 0.239. The molecule has 3 rings (SSSR count). The zero-order valence-electron chi connectivity index (χ0n) is 17.7. The molecule has 172 valence electrons. The van der Waals surface area contributed by atoms with E-state index in [1.807, 2.05) is 30.0 Å². The van der Waals surface area contributed by atoms with Gasteiger partial charge in [-0.05, 0) is 58.7 Å². The van der Waals surface area contributed by atoms with Crippen LogP contribution in [-0.4, -0.2) is 56.5 Å². The summed E-state index contributed by atoms with van der Waals surface area (Å²) in [6, 6.07) is 8.96. The molecule has 2 aromatic carbocycles. The van der Waals surface area contributed by atoms with Crippen LogP contribution in [0.15, 0.2) is 34.8 Å². The second-order valence-corrected chi connectivity index (χ2v) is 7.94. The van der Waals surface area contributed by atoms with Gasteiger partial charge >= 0.3 is 5.97 Å². The number of amides is 1. The number of ether oxygens (including phenoxy) is 3. The first-order valence-electron chi connectivity index (χ1n) is 10.2. The summed E-state index contributed by atoms with van der Waals surface area (Å²) in [4.78, 5) is 24.9. The molecule has 32 heavy (non-hydrogen) atoms. The molecular weight excluding hydrogens is 482 g/mol. The van der Waals surface area contributed by atoms with Crippen LogP contribution in [0, 0.1) is 0 Å². The molecule has 0 radical (unpaired) electrons. The van der Waals surface area contributed by atoms with Gasteiger partial charge in [0.05, 0.1) is 35.5 Å². The van der Waals surface area contributed by atoms with Gasteiger partial charge < -0.3 is 35.3 Å². The van der Waals surface area contributed by atoms with Gasteiger partial charge in [-0.1, -0.05) is 0 Å². The first kappa shape index (κ1) is 23.7. The van der Waals surface area contributed by atoms with E-state index in [1.165, 1.54) is 0 Å². The molecule has 1 saturated heterocycles. The van der Waals surface area contributed by atoms with Crippen molar-refractivity contribution in [1.29, 1.82) is 0 Å². The fourth-order valence-corrected chi connectivity index (χ4v) is 3.98. The van der Waals surface area contributed by atoms with Crippen molar-refractivity contribution in [2.75, 3.05) is 49.7 Å². The predicted octanol–water partition coefficient (Wildman–Crippen LogP) is 2.86. The Kier molecular flexibility index (Phi) is 8.18. The van der Waals surface area contributed by atoms with E-state index in [1.54, 1.807) is 12.1 Å². The summed E-state index contributed by atoms with van der Waals surface area (Å²) in [5.74, 6) is -0.682. The lowest BCUT2D eigenvalue weighted by Crippen LogP contribution is -2.37. The third kappa shape index (κ3) is 6.04. The fourth-order valence-electron chi connectivity index (χ4n) is 3.37. The number of nitrogens with zero attached hydrogens (tertiary/aromatic N) is 1. The van der Waals surface area contributed by atoms with Crippen LogP contribution >= 0.6 is 15.9 Å². The number of rotatable bonds is 10. The normalized spacial score (nSPS) is 13.5. The lowest BCUT2D eigenvalue weighted by molar-refractivity contribution is -0.120. The quantitative estimate of drug-likeness (QED) is 0.448. The van der Waals surface area contributed by atoms with Crippen molar-refractivity contribution in [3.05, 3.63) is 45.9 Å².